The highest BCUT2D eigenvalue weighted by Gasteiger charge is 2.18. The molecule has 0 aliphatic carbocycles. The summed E-state index contributed by atoms with van der Waals surface area (Å²) in [5.41, 5.74) is 1.87. The fraction of sp³-hybridized carbons (Fsp3) is 0.412. The first-order chi connectivity index (χ1) is 11.2. The minimum Gasteiger partial charge on any atom is -0.454 e. The summed E-state index contributed by atoms with van der Waals surface area (Å²) in [6.45, 7) is 4.19. The summed E-state index contributed by atoms with van der Waals surface area (Å²) in [5.74, 6) is 2.31. The highest BCUT2D eigenvalue weighted by molar-refractivity contribution is 5.76. The van der Waals surface area contributed by atoms with Crippen LogP contribution in [0.4, 0.5) is 0 Å². The Labute approximate surface area is 135 Å². The van der Waals surface area contributed by atoms with Crippen molar-refractivity contribution in [1.29, 1.82) is 0 Å². The average molecular weight is 315 g/mol. The molecule has 1 atom stereocenters. The second kappa shape index (κ2) is 6.73. The van der Waals surface area contributed by atoms with Gasteiger partial charge in [0, 0.05) is 12.0 Å². The maximum atomic E-state index is 11.7. The molecule has 0 radical (unpaired) electrons. The number of aromatic nitrogens is 2. The standard InChI is InChI=1S/C17H21N3O3/c1-3-5-12(19-16(21)4-2)17-18-9-13(20-17)11-6-7-14-15(8-11)23-10-22-14/h6-9,12H,3-5,10H2,1-2H3,(H,18,20)(H,19,21)/t12-/m1/s1. The van der Waals surface area contributed by atoms with Crippen molar-refractivity contribution in [2.75, 3.05) is 6.79 Å². The fourth-order valence-electron chi connectivity index (χ4n) is 2.59. The molecule has 2 aromatic rings. The van der Waals surface area contributed by atoms with E-state index < -0.39 is 0 Å². The number of hydrogen-bond donors (Lipinski definition) is 2. The van der Waals surface area contributed by atoms with Crippen LogP contribution in [-0.4, -0.2) is 22.7 Å². The lowest BCUT2D eigenvalue weighted by atomic mass is 10.1. The first-order valence-electron chi connectivity index (χ1n) is 7.95. The molecule has 1 aromatic heterocycles. The van der Waals surface area contributed by atoms with Crippen molar-refractivity contribution in [3.63, 3.8) is 0 Å². The van der Waals surface area contributed by atoms with Gasteiger partial charge in [0.15, 0.2) is 11.5 Å². The van der Waals surface area contributed by atoms with Gasteiger partial charge in [0.1, 0.15) is 5.82 Å². The van der Waals surface area contributed by atoms with Gasteiger partial charge in [0.25, 0.3) is 0 Å². The number of ether oxygens (including phenoxy) is 2. The zero-order valence-electron chi connectivity index (χ0n) is 13.4. The molecule has 1 amide bonds. The molecule has 2 heterocycles. The Morgan fingerprint density at radius 2 is 2.17 bits per heavy atom. The summed E-state index contributed by atoms with van der Waals surface area (Å²) in [6.07, 6.45) is 4.07. The maximum absolute atomic E-state index is 11.7. The molecule has 1 aliphatic rings. The van der Waals surface area contributed by atoms with Crippen molar-refractivity contribution in [3.05, 3.63) is 30.2 Å². The SMILES string of the molecule is CCC[C@@H](NC(=O)CC)c1ncc(-c2ccc3c(c2)OCO3)[nH]1. The van der Waals surface area contributed by atoms with Crippen LogP contribution in [0.2, 0.25) is 0 Å². The minimum atomic E-state index is -0.0878. The average Bonchev–Trinajstić information content (AvgIpc) is 3.22. The van der Waals surface area contributed by atoms with Crippen LogP contribution in [0.15, 0.2) is 24.4 Å². The monoisotopic (exact) mass is 315 g/mol. The van der Waals surface area contributed by atoms with Gasteiger partial charge in [0.05, 0.1) is 17.9 Å². The molecular formula is C17H21N3O3. The van der Waals surface area contributed by atoms with Gasteiger partial charge in [-0.2, -0.15) is 0 Å². The molecule has 0 saturated carbocycles. The molecule has 6 heteroatoms. The van der Waals surface area contributed by atoms with E-state index in [0.29, 0.717) is 6.42 Å². The number of imidazole rings is 1. The lowest BCUT2D eigenvalue weighted by Gasteiger charge is -2.15. The first kappa shape index (κ1) is 15.4. The fourth-order valence-corrected chi connectivity index (χ4v) is 2.59. The van der Waals surface area contributed by atoms with E-state index in [2.05, 4.69) is 22.2 Å². The van der Waals surface area contributed by atoms with Gasteiger partial charge in [-0.05, 0) is 24.6 Å². The maximum Gasteiger partial charge on any atom is 0.231 e. The highest BCUT2D eigenvalue weighted by atomic mass is 16.7. The van der Waals surface area contributed by atoms with Gasteiger partial charge in [0.2, 0.25) is 12.7 Å². The number of H-pyrrole nitrogens is 1. The van der Waals surface area contributed by atoms with Crippen LogP contribution in [0.1, 0.15) is 45.0 Å². The minimum absolute atomic E-state index is 0.0319. The van der Waals surface area contributed by atoms with Crippen molar-refractivity contribution in [2.45, 2.75) is 39.2 Å². The highest BCUT2D eigenvalue weighted by Crippen LogP contribution is 2.35. The molecular weight excluding hydrogens is 294 g/mol. The van der Waals surface area contributed by atoms with Crippen molar-refractivity contribution >= 4 is 5.91 Å². The summed E-state index contributed by atoms with van der Waals surface area (Å²) in [6, 6.07) is 5.69. The summed E-state index contributed by atoms with van der Waals surface area (Å²) in [4.78, 5) is 19.5. The number of hydrogen-bond acceptors (Lipinski definition) is 4. The van der Waals surface area contributed by atoms with Gasteiger partial charge in [-0.15, -0.1) is 0 Å². The number of carbonyl (C=O) groups excluding carboxylic acids is 1. The zero-order chi connectivity index (χ0) is 16.2. The Hall–Kier alpha value is -2.50. The van der Waals surface area contributed by atoms with E-state index in [4.69, 9.17) is 9.47 Å². The number of fused-ring (bicyclic) bond motifs is 1. The molecule has 0 unspecified atom stereocenters. The number of aromatic amines is 1. The van der Waals surface area contributed by atoms with E-state index in [0.717, 1.165) is 41.4 Å². The van der Waals surface area contributed by atoms with Gasteiger partial charge in [-0.25, -0.2) is 4.98 Å². The van der Waals surface area contributed by atoms with Crippen LogP contribution in [-0.2, 0) is 4.79 Å². The molecule has 122 valence electrons. The van der Waals surface area contributed by atoms with Gasteiger partial charge < -0.3 is 19.8 Å². The largest absolute Gasteiger partial charge is 0.454 e. The molecule has 0 spiro atoms. The van der Waals surface area contributed by atoms with E-state index in [1.807, 2.05) is 25.1 Å². The molecule has 0 saturated heterocycles. The predicted molar refractivity (Wildman–Crippen MR) is 86.2 cm³/mol. The van der Waals surface area contributed by atoms with Gasteiger partial charge in [-0.1, -0.05) is 20.3 Å². The Morgan fingerprint density at radius 1 is 1.35 bits per heavy atom. The Balaban J connectivity index is 1.82. The second-order valence-corrected chi connectivity index (χ2v) is 5.51. The Bertz CT molecular complexity index is 696. The second-order valence-electron chi connectivity index (χ2n) is 5.51. The molecule has 0 fully saturated rings. The van der Waals surface area contributed by atoms with Crippen molar-refractivity contribution in [3.8, 4) is 22.8 Å². The number of amides is 1. The summed E-state index contributed by atoms with van der Waals surface area (Å²) >= 11 is 0. The molecule has 23 heavy (non-hydrogen) atoms. The molecule has 3 rings (SSSR count). The van der Waals surface area contributed by atoms with E-state index in [1.165, 1.54) is 0 Å². The van der Waals surface area contributed by atoms with Crippen molar-refractivity contribution in [1.82, 2.24) is 15.3 Å². The third-order valence-corrected chi connectivity index (χ3v) is 3.84. The summed E-state index contributed by atoms with van der Waals surface area (Å²) < 4.78 is 10.7. The lowest BCUT2D eigenvalue weighted by molar-refractivity contribution is -0.121. The van der Waals surface area contributed by atoms with E-state index in [-0.39, 0.29) is 18.7 Å². The van der Waals surface area contributed by atoms with E-state index >= 15 is 0 Å². The van der Waals surface area contributed by atoms with Crippen LogP contribution in [0.5, 0.6) is 11.5 Å². The third-order valence-electron chi connectivity index (χ3n) is 3.84. The first-order valence-corrected chi connectivity index (χ1v) is 7.95. The van der Waals surface area contributed by atoms with Gasteiger partial charge in [-0.3, -0.25) is 4.79 Å². The van der Waals surface area contributed by atoms with Crippen LogP contribution in [0.25, 0.3) is 11.3 Å². The van der Waals surface area contributed by atoms with E-state index in [9.17, 15) is 4.79 Å². The quantitative estimate of drug-likeness (QED) is 0.858. The molecule has 6 nitrogen and oxygen atoms in total. The van der Waals surface area contributed by atoms with Crippen LogP contribution in [0, 0.1) is 0 Å². The Morgan fingerprint density at radius 3 is 2.96 bits per heavy atom. The molecule has 0 bridgehead atoms. The smallest absolute Gasteiger partial charge is 0.231 e. The topological polar surface area (TPSA) is 76.2 Å². The number of nitrogens with zero attached hydrogens (tertiary/aromatic N) is 1. The molecule has 1 aromatic carbocycles. The number of rotatable bonds is 6. The predicted octanol–water partition coefficient (Wildman–Crippen LogP) is 3.17. The van der Waals surface area contributed by atoms with Crippen LogP contribution >= 0.6 is 0 Å². The van der Waals surface area contributed by atoms with Gasteiger partial charge >= 0.3 is 0 Å². The summed E-state index contributed by atoms with van der Waals surface area (Å²) in [7, 11) is 0. The third kappa shape index (κ3) is 3.31. The number of benzene rings is 1. The lowest BCUT2D eigenvalue weighted by Crippen LogP contribution is -2.28. The van der Waals surface area contributed by atoms with E-state index in [1.54, 1.807) is 6.20 Å². The Kier molecular flexibility index (Phi) is 4.50. The molecule has 1 aliphatic heterocycles. The van der Waals surface area contributed by atoms with Crippen molar-refractivity contribution in [2.24, 2.45) is 0 Å². The van der Waals surface area contributed by atoms with Crippen LogP contribution in [0.3, 0.4) is 0 Å². The number of nitrogens with one attached hydrogen (secondary N) is 2. The normalized spacial score (nSPS) is 13.8. The number of carbonyl (C=O) groups is 1. The molecule has 2 N–H and O–H groups in total. The van der Waals surface area contributed by atoms with Crippen molar-refractivity contribution < 1.29 is 14.3 Å². The van der Waals surface area contributed by atoms with Crippen LogP contribution < -0.4 is 14.8 Å². The zero-order valence-corrected chi connectivity index (χ0v) is 13.4. The summed E-state index contributed by atoms with van der Waals surface area (Å²) in [5, 5.41) is 3.01.